The molecule has 0 aromatic heterocycles. The van der Waals surface area contributed by atoms with Crippen LogP contribution in [0.25, 0.3) is 0 Å². The van der Waals surface area contributed by atoms with Crippen LogP contribution in [0.5, 0.6) is 0 Å². The zero-order valence-corrected chi connectivity index (χ0v) is 15.3. The van der Waals surface area contributed by atoms with E-state index in [-0.39, 0.29) is 11.3 Å². The third-order valence-corrected chi connectivity index (χ3v) is 5.37. The van der Waals surface area contributed by atoms with Crippen LogP contribution in [0, 0.1) is 11.3 Å². The van der Waals surface area contributed by atoms with Crippen molar-refractivity contribution in [1.29, 1.82) is 0 Å². The van der Waals surface area contributed by atoms with E-state index in [1.54, 1.807) is 0 Å². The van der Waals surface area contributed by atoms with E-state index in [4.69, 9.17) is 23.2 Å². The Morgan fingerprint density at radius 3 is 2.61 bits per heavy atom. The predicted molar refractivity (Wildman–Crippen MR) is 95.5 cm³/mol. The van der Waals surface area contributed by atoms with Crippen LogP contribution in [0.3, 0.4) is 0 Å². The number of benzene rings is 1. The fourth-order valence-electron chi connectivity index (χ4n) is 3.49. The first-order valence-corrected chi connectivity index (χ1v) is 8.43. The van der Waals surface area contributed by atoms with Gasteiger partial charge in [-0.15, -0.1) is 6.58 Å². The summed E-state index contributed by atoms with van der Waals surface area (Å²) >= 11 is 12.6. The topological polar surface area (TPSA) is 49.3 Å². The van der Waals surface area contributed by atoms with Crippen molar-refractivity contribution in [2.24, 2.45) is 11.3 Å². The summed E-state index contributed by atoms with van der Waals surface area (Å²) < 4.78 is 0. The van der Waals surface area contributed by atoms with Gasteiger partial charge in [0.25, 0.3) is 0 Å². The first-order valence-electron chi connectivity index (χ1n) is 7.68. The minimum atomic E-state index is -0.999. The number of amides is 1. The Bertz CT molecular complexity index is 637. The van der Waals surface area contributed by atoms with Crippen molar-refractivity contribution < 1.29 is 9.90 Å². The Kier molecular flexibility index (Phi) is 5.03. The molecule has 126 valence electrons. The number of hydrogen-bond donors (Lipinski definition) is 2. The number of rotatable bonds is 5. The molecular formula is C18H23Cl2NO2. The van der Waals surface area contributed by atoms with E-state index in [9.17, 15) is 9.90 Å². The van der Waals surface area contributed by atoms with Gasteiger partial charge >= 0.3 is 6.09 Å². The predicted octanol–water partition coefficient (Wildman–Crippen LogP) is 5.34. The first kappa shape index (κ1) is 18.2. The fraction of sp³-hybridized carbons (Fsp3) is 0.500. The number of allylic oxidation sites excluding steroid dienone is 1. The smallest absolute Gasteiger partial charge is 0.405 e. The zero-order valence-electron chi connectivity index (χ0n) is 13.7. The van der Waals surface area contributed by atoms with Crippen molar-refractivity contribution in [2.75, 3.05) is 0 Å². The van der Waals surface area contributed by atoms with Crippen molar-refractivity contribution in [3.63, 3.8) is 0 Å². The van der Waals surface area contributed by atoms with Gasteiger partial charge in [0.15, 0.2) is 0 Å². The number of carboxylic acid groups (broad SMARTS) is 1. The molecule has 0 bridgehead atoms. The summed E-state index contributed by atoms with van der Waals surface area (Å²) in [5, 5.41) is 13.0. The summed E-state index contributed by atoms with van der Waals surface area (Å²) in [5.41, 5.74) is 1.47. The molecule has 0 radical (unpaired) electrons. The van der Waals surface area contributed by atoms with Gasteiger partial charge in [0, 0.05) is 0 Å². The molecule has 0 heterocycles. The fourth-order valence-corrected chi connectivity index (χ4v) is 3.93. The second-order valence-electron chi connectivity index (χ2n) is 7.43. The van der Waals surface area contributed by atoms with Gasteiger partial charge in [0.2, 0.25) is 0 Å². The lowest BCUT2D eigenvalue weighted by atomic mass is 9.85. The van der Waals surface area contributed by atoms with Crippen molar-refractivity contribution >= 4 is 29.3 Å². The molecule has 2 N–H and O–H groups in total. The van der Waals surface area contributed by atoms with Crippen LogP contribution in [0.2, 0.25) is 10.0 Å². The van der Waals surface area contributed by atoms with Crippen LogP contribution in [0.15, 0.2) is 24.8 Å². The van der Waals surface area contributed by atoms with Gasteiger partial charge < -0.3 is 10.4 Å². The molecule has 3 nitrogen and oxygen atoms in total. The van der Waals surface area contributed by atoms with Gasteiger partial charge in [0.05, 0.1) is 15.6 Å². The number of hydrogen-bond acceptors (Lipinski definition) is 1. The average molecular weight is 356 g/mol. The largest absolute Gasteiger partial charge is 0.465 e. The Labute approximate surface area is 147 Å². The van der Waals surface area contributed by atoms with Gasteiger partial charge in [0.1, 0.15) is 0 Å². The molecule has 1 saturated carbocycles. The van der Waals surface area contributed by atoms with Gasteiger partial charge in [-0.1, -0.05) is 56.1 Å². The molecule has 5 heteroatoms. The monoisotopic (exact) mass is 355 g/mol. The maximum Gasteiger partial charge on any atom is 0.405 e. The Morgan fingerprint density at radius 2 is 2.13 bits per heavy atom. The molecular weight excluding hydrogens is 333 g/mol. The number of carbonyl (C=O) groups is 1. The molecule has 23 heavy (non-hydrogen) atoms. The zero-order chi connectivity index (χ0) is 17.4. The molecule has 0 saturated heterocycles. The highest BCUT2D eigenvalue weighted by atomic mass is 35.5. The lowest BCUT2D eigenvalue weighted by Gasteiger charge is -2.26. The molecule has 0 aliphatic heterocycles. The van der Waals surface area contributed by atoms with Gasteiger partial charge in [-0.3, -0.25) is 0 Å². The van der Waals surface area contributed by atoms with E-state index in [1.807, 2.05) is 18.2 Å². The third kappa shape index (κ3) is 4.02. The summed E-state index contributed by atoms with van der Waals surface area (Å²) in [6, 6.07) is 3.83. The van der Waals surface area contributed by atoms with E-state index in [2.05, 4.69) is 32.7 Å². The van der Waals surface area contributed by atoms with Crippen LogP contribution in [-0.4, -0.2) is 16.7 Å². The lowest BCUT2D eigenvalue weighted by Crippen LogP contribution is -2.41. The normalized spacial score (nSPS) is 23.4. The van der Waals surface area contributed by atoms with Crippen LogP contribution >= 0.6 is 23.2 Å². The number of halogens is 2. The summed E-state index contributed by atoms with van der Waals surface area (Å²) in [4.78, 5) is 11.3. The maximum atomic E-state index is 11.3. The minimum Gasteiger partial charge on any atom is -0.465 e. The van der Waals surface area contributed by atoms with E-state index in [0.717, 1.165) is 17.5 Å². The van der Waals surface area contributed by atoms with Gasteiger partial charge in [-0.2, -0.15) is 0 Å². The Balaban J connectivity index is 2.34. The average Bonchev–Trinajstić information content (AvgIpc) is 3.09. The van der Waals surface area contributed by atoms with E-state index >= 15 is 0 Å². The summed E-state index contributed by atoms with van der Waals surface area (Å²) in [6.07, 6.45) is 2.87. The van der Waals surface area contributed by atoms with Crippen molar-refractivity contribution in [1.82, 2.24) is 5.32 Å². The van der Waals surface area contributed by atoms with Gasteiger partial charge in [-0.05, 0) is 47.8 Å². The molecule has 1 aliphatic carbocycles. The molecule has 1 aliphatic rings. The molecule has 2 rings (SSSR count). The van der Waals surface area contributed by atoms with Crippen molar-refractivity contribution in [2.45, 2.75) is 45.6 Å². The van der Waals surface area contributed by atoms with E-state index in [0.29, 0.717) is 22.9 Å². The second kappa shape index (κ2) is 6.37. The molecule has 1 aromatic rings. The molecule has 1 amide bonds. The van der Waals surface area contributed by atoms with Crippen LogP contribution in [0.4, 0.5) is 4.79 Å². The molecule has 1 aromatic carbocycles. The minimum absolute atomic E-state index is 0.0252. The highest BCUT2D eigenvalue weighted by Gasteiger charge is 2.59. The second-order valence-corrected chi connectivity index (χ2v) is 8.21. The molecule has 2 unspecified atom stereocenters. The quantitative estimate of drug-likeness (QED) is 0.700. The standard InChI is InChI=1S/C18H23Cl2NO2/c1-5-6-11-7-12(15(20)13(19)8-11)9-18(21-16(22)23)10-14(18)17(2,3)4/h5,7-8,14,21H,1,6,9-10H2,2-4H3,(H,22,23). The van der Waals surface area contributed by atoms with Crippen molar-refractivity contribution in [3.8, 4) is 0 Å². The van der Waals surface area contributed by atoms with Crippen LogP contribution in [-0.2, 0) is 12.8 Å². The maximum absolute atomic E-state index is 11.3. The summed E-state index contributed by atoms with van der Waals surface area (Å²) in [7, 11) is 0. The van der Waals surface area contributed by atoms with E-state index in [1.165, 1.54) is 0 Å². The molecule has 2 atom stereocenters. The van der Waals surface area contributed by atoms with Crippen LogP contribution < -0.4 is 5.32 Å². The lowest BCUT2D eigenvalue weighted by molar-refractivity contribution is 0.182. The summed E-state index contributed by atoms with van der Waals surface area (Å²) in [5.74, 6) is 0.268. The highest BCUT2D eigenvalue weighted by molar-refractivity contribution is 6.42. The molecule has 1 fully saturated rings. The Morgan fingerprint density at radius 1 is 1.48 bits per heavy atom. The highest BCUT2D eigenvalue weighted by Crippen LogP contribution is 2.56. The number of nitrogens with one attached hydrogen (secondary N) is 1. The summed E-state index contributed by atoms with van der Waals surface area (Å²) in [6.45, 7) is 10.1. The van der Waals surface area contributed by atoms with Crippen molar-refractivity contribution in [3.05, 3.63) is 46.0 Å². The Hall–Kier alpha value is -1.19. The first-order chi connectivity index (χ1) is 10.6. The molecule has 0 spiro atoms. The van der Waals surface area contributed by atoms with E-state index < -0.39 is 11.6 Å². The van der Waals surface area contributed by atoms with Crippen LogP contribution in [0.1, 0.15) is 38.3 Å². The SMILES string of the molecule is C=CCc1cc(Cl)c(Cl)c(CC2(NC(=O)O)CC2C(C)(C)C)c1. The third-order valence-electron chi connectivity index (χ3n) is 4.53. The van der Waals surface area contributed by atoms with Gasteiger partial charge in [-0.25, -0.2) is 4.79 Å².